The van der Waals surface area contributed by atoms with Crippen LogP contribution in [-0.4, -0.2) is 48.5 Å². The van der Waals surface area contributed by atoms with E-state index in [4.69, 9.17) is 9.47 Å². The van der Waals surface area contributed by atoms with E-state index in [1.54, 1.807) is 24.3 Å². The number of thioether (sulfide) groups is 1. The molecule has 0 aliphatic heterocycles. The van der Waals surface area contributed by atoms with Crippen LogP contribution in [-0.2, 0) is 19.6 Å². The molecule has 27 heavy (non-hydrogen) atoms. The second-order valence-corrected chi connectivity index (χ2v) is 8.04. The van der Waals surface area contributed by atoms with Gasteiger partial charge in [-0.05, 0) is 42.7 Å². The Bertz CT molecular complexity index is 897. The van der Waals surface area contributed by atoms with Gasteiger partial charge in [-0.3, -0.25) is 9.10 Å². The van der Waals surface area contributed by atoms with Crippen LogP contribution in [0.4, 0.5) is 5.69 Å². The van der Waals surface area contributed by atoms with Gasteiger partial charge in [-0.15, -0.1) is 11.8 Å². The van der Waals surface area contributed by atoms with Gasteiger partial charge in [0.25, 0.3) is 10.0 Å². The van der Waals surface area contributed by atoms with E-state index in [1.807, 2.05) is 6.26 Å². The summed E-state index contributed by atoms with van der Waals surface area (Å²) < 4.78 is 42.6. The Morgan fingerprint density at radius 1 is 1.04 bits per heavy atom. The molecular weight excluding hydrogens is 390 g/mol. The van der Waals surface area contributed by atoms with Gasteiger partial charge in [0, 0.05) is 11.0 Å². The Labute approximate surface area is 163 Å². The van der Waals surface area contributed by atoms with E-state index in [9.17, 15) is 13.2 Å². The topological polar surface area (TPSA) is 82.1 Å². The maximum absolute atomic E-state index is 13.3. The molecule has 146 valence electrons. The quantitative estimate of drug-likeness (QED) is 0.488. The Kier molecular flexibility index (Phi) is 6.98. The molecule has 0 atom stereocenters. The van der Waals surface area contributed by atoms with Gasteiger partial charge in [0.1, 0.15) is 18.0 Å². The first-order valence-corrected chi connectivity index (χ1v) is 10.5. The lowest BCUT2D eigenvalue weighted by Gasteiger charge is -2.25. The molecule has 9 heteroatoms. The fraction of sp³-hybridized carbons (Fsp3) is 0.278. The molecule has 0 bridgehead atoms. The van der Waals surface area contributed by atoms with E-state index in [0.29, 0.717) is 5.75 Å². The van der Waals surface area contributed by atoms with Crippen molar-refractivity contribution in [3.63, 3.8) is 0 Å². The van der Waals surface area contributed by atoms with Crippen molar-refractivity contribution in [1.82, 2.24) is 0 Å². The van der Waals surface area contributed by atoms with E-state index in [1.165, 1.54) is 51.3 Å². The summed E-state index contributed by atoms with van der Waals surface area (Å²) in [5.74, 6) is 0.00166. The highest BCUT2D eigenvalue weighted by Crippen LogP contribution is 2.35. The lowest BCUT2D eigenvalue weighted by Crippen LogP contribution is -2.36. The SMILES string of the molecule is COC(=O)CN(c1cc(OC)ccc1OC)S(=O)(=O)c1ccc(SC)cc1. The van der Waals surface area contributed by atoms with Crippen LogP contribution < -0.4 is 13.8 Å². The van der Waals surface area contributed by atoms with Crippen molar-refractivity contribution < 1.29 is 27.4 Å². The third kappa shape index (κ3) is 4.67. The molecule has 2 aromatic carbocycles. The number of carbonyl (C=O) groups excluding carboxylic acids is 1. The highest BCUT2D eigenvalue weighted by Gasteiger charge is 2.30. The fourth-order valence-electron chi connectivity index (χ4n) is 2.35. The van der Waals surface area contributed by atoms with Crippen LogP contribution in [0, 0.1) is 0 Å². The molecule has 0 fully saturated rings. The van der Waals surface area contributed by atoms with E-state index >= 15 is 0 Å². The Balaban J connectivity index is 2.61. The zero-order valence-corrected chi connectivity index (χ0v) is 17.1. The number of anilines is 1. The molecule has 0 heterocycles. The van der Waals surface area contributed by atoms with Crippen LogP contribution >= 0.6 is 11.8 Å². The third-order valence-corrected chi connectivity index (χ3v) is 6.32. The predicted octanol–water partition coefficient (Wildman–Crippen LogP) is 2.79. The van der Waals surface area contributed by atoms with Crippen LogP contribution in [0.15, 0.2) is 52.3 Å². The second kappa shape index (κ2) is 9.01. The van der Waals surface area contributed by atoms with E-state index in [-0.39, 0.29) is 16.3 Å². The highest BCUT2D eigenvalue weighted by atomic mass is 32.2. The fourth-order valence-corrected chi connectivity index (χ4v) is 4.17. The van der Waals surface area contributed by atoms with Gasteiger partial charge >= 0.3 is 5.97 Å². The molecule has 2 rings (SSSR count). The number of carbonyl (C=O) groups is 1. The van der Waals surface area contributed by atoms with Gasteiger partial charge in [-0.1, -0.05) is 0 Å². The lowest BCUT2D eigenvalue weighted by molar-refractivity contribution is -0.138. The molecule has 7 nitrogen and oxygen atoms in total. The van der Waals surface area contributed by atoms with Crippen molar-refractivity contribution in [3.05, 3.63) is 42.5 Å². The third-order valence-electron chi connectivity index (χ3n) is 3.80. The first kappa shape index (κ1) is 20.9. The molecule has 2 aromatic rings. The monoisotopic (exact) mass is 411 g/mol. The standard InChI is InChI=1S/C18H21NO6S2/c1-23-13-5-10-17(24-2)16(11-13)19(12-18(20)25-3)27(21,22)15-8-6-14(26-4)7-9-15/h5-11H,12H2,1-4H3. The summed E-state index contributed by atoms with van der Waals surface area (Å²) in [4.78, 5) is 12.9. The van der Waals surface area contributed by atoms with Gasteiger partial charge in [0.15, 0.2) is 0 Å². The number of rotatable bonds is 8. The van der Waals surface area contributed by atoms with Crippen molar-refractivity contribution in [2.24, 2.45) is 0 Å². The smallest absolute Gasteiger partial charge is 0.326 e. The van der Waals surface area contributed by atoms with Crippen LogP contribution in [0.3, 0.4) is 0 Å². The van der Waals surface area contributed by atoms with E-state index in [2.05, 4.69) is 4.74 Å². The number of ether oxygens (including phenoxy) is 3. The molecule has 0 unspecified atom stereocenters. The number of nitrogens with zero attached hydrogens (tertiary/aromatic N) is 1. The maximum atomic E-state index is 13.3. The van der Waals surface area contributed by atoms with Crippen molar-refractivity contribution in [2.45, 2.75) is 9.79 Å². The minimum atomic E-state index is -4.05. The number of sulfonamides is 1. The molecule has 0 spiro atoms. The number of benzene rings is 2. The molecule has 0 aliphatic carbocycles. The molecule has 0 saturated heterocycles. The van der Waals surface area contributed by atoms with Crippen molar-refractivity contribution in [1.29, 1.82) is 0 Å². The molecule has 0 aliphatic rings. The minimum absolute atomic E-state index is 0.0501. The summed E-state index contributed by atoms with van der Waals surface area (Å²) in [6, 6.07) is 11.1. The summed E-state index contributed by atoms with van der Waals surface area (Å²) in [5, 5.41) is 0. The average Bonchev–Trinajstić information content (AvgIpc) is 2.71. The van der Waals surface area contributed by atoms with Crippen LogP contribution in [0.1, 0.15) is 0 Å². The summed E-state index contributed by atoms with van der Waals surface area (Å²) in [5.41, 5.74) is 0.177. The normalized spacial score (nSPS) is 11.0. The van der Waals surface area contributed by atoms with Crippen molar-refractivity contribution >= 4 is 33.4 Å². The van der Waals surface area contributed by atoms with Crippen molar-refractivity contribution in [3.8, 4) is 11.5 Å². The Morgan fingerprint density at radius 2 is 1.70 bits per heavy atom. The predicted molar refractivity (Wildman–Crippen MR) is 104 cm³/mol. The highest BCUT2D eigenvalue weighted by molar-refractivity contribution is 7.98. The Morgan fingerprint density at radius 3 is 2.22 bits per heavy atom. The van der Waals surface area contributed by atoms with Crippen LogP contribution in [0.25, 0.3) is 0 Å². The molecule has 0 aromatic heterocycles. The molecule has 0 saturated carbocycles. The maximum Gasteiger partial charge on any atom is 0.326 e. The van der Waals surface area contributed by atoms with Gasteiger partial charge in [0.2, 0.25) is 0 Å². The van der Waals surface area contributed by atoms with Crippen molar-refractivity contribution in [2.75, 3.05) is 38.4 Å². The van der Waals surface area contributed by atoms with Crippen LogP contribution in [0.5, 0.6) is 11.5 Å². The summed E-state index contributed by atoms with van der Waals surface area (Å²) >= 11 is 1.50. The van der Waals surface area contributed by atoms with Gasteiger partial charge in [-0.25, -0.2) is 8.42 Å². The largest absolute Gasteiger partial charge is 0.497 e. The molecule has 0 amide bonds. The van der Waals surface area contributed by atoms with Crippen LogP contribution in [0.2, 0.25) is 0 Å². The zero-order chi connectivity index (χ0) is 20.0. The average molecular weight is 412 g/mol. The number of hydrogen-bond donors (Lipinski definition) is 0. The first-order valence-electron chi connectivity index (χ1n) is 7.83. The van der Waals surface area contributed by atoms with Gasteiger partial charge in [-0.2, -0.15) is 0 Å². The Hall–Kier alpha value is -2.39. The summed E-state index contributed by atoms with van der Waals surface area (Å²) in [6.07, 6.45) is 1.90. The van der Waals surface area contributed by atoms with Gasteiger partial charge in [0.05, 0.1) is 31.9 Å². The number of hydrogen-bond acceptors (Lipinski definition) is 7. The molecular formula is C18H21NO6S2. The minimum Gasteiger partial charge on any atom is -0.497 e. The number of esters is 1. The van der Waals surface area contributed by atoms with E-state index < -0.39 is 22.5 Å². The summed E-state index contributed by atoms with van der Waals surface area (Å²) in [6.45, 7) is -0.507. The molecule has 0 radical (unpaired) electrons. The molecule has 0 N–H and O–H groups in total. The van der Waals surface area contributed by atoms with Gasteiger partial charge < -0.3 is 14.2 Å². The summed E-state index contributed by atoms with van der Waals surface area (Å²) in [7, 11) is 0.0258. The lowest BCUT2D eigenvalue weighted by atomic mass is 10.2. The first-order chi connectivity index (χ1) is 12.9. The second-order valence-electron chi connectivity index (χ2n) is 5.30. The zero-order valence-electron chi connectivity index (χ0n) is 15.5. The number of methoxy groups -OCH3 is 3. The van der Waals surface area contributed by atoms with E-state index in [0.717, 1.165) is 9.20 Å².